The molecule has 0 aliphatic heterocycles. The second kappa shape index (κ2) is 5.88. The van der Waals surface area contributed by atoms with E-state index in [9.17, 15) is 22.8 Å². The summed E-state index contributed by atoms with van der Waals surface area (Å²) in [6, 6.07) is 5.24. The first-order valence-corrected chi connectivity index (χ1v) is 5.99. The first-order chi connectivity index (χ1) is 10.3. The predicted molar refractivity (Wildman–Crippen MR) is 69.3 cm³/mol. The number of benzene rings is 1. The van der Waals surface area contributed by atoms with Gasteiger partial charge in [-0.3, -0.25) is 14.3 Å². The van der Waals surface area contributed by atoms with Crippen LogP contribution in [-0.4, -0.2) is 26.8 Å². The van der Waals surface area contributed by atoms with E-state index in [-0.39, 0.29) is 11.4 Å². The highest BCUT2D eigenvalue weighted by atomic mass is 19.4. The van der Waals surface area contributed by atoms with Crippen LogP contribution in [0.3, 0.4) is 0 Å². The molecular formula is C13H10F3N3O3. The monoisotopic (exact) mass is 313 g/mol. The molecular weight excluding hydrogens is 303 g/mol. The Bertz CT molecular complexity index is 693. The average molecular weight is 313 g/mol. The zero-order valence-corrected chi connectivity index (χ0v) is 11.0. The summed E-state index contributed by atoms with van der Waals surface area (Å²) in [4.78, 5) is 22.3. The van der Waals surface area contributed by atoms with Gasteiger partial charge in [0.05, 0.1) is 5.56 Å². The molecule has 0 bridgehead atoms. The molecule has 6 nitrogen and oxygen atoms in total. The van der Waals surface area contributed by atoms with Crippen LogP contribution < -0.4 is 5.32 Å². The van der Waals surface area contributed by atoms with Gasteiger partial charge in [0.15, 0.2) is 5.69 Å². The van der Waals surface area contributed by atoms with Gasteiger partial charge in [0.2, 0.25) is 0 Å². The molecule has 0 fully saturated rings. The Balaban J connectivity index is 2.05. The van der Waals surface area contributed by atoms with Gasteiger partial charge in [-0.15, -0.1) is 0 Å². The van der Waals surface area contributed by atoms with Crippen LogP contribution in [0.25, 0.3) is 0 Å². The summed E-state index contributed by atoms with van der Waals surface area (Å²) in [6.07, 6.45) is -3.13. The molecule has 0 unspecified atom stereocenters. The quantitative estimate of drug-likeness (QED) is 0.906. The number of hydrogen-bond acceptors (Lipinski definition) is 3. The fraction of sp³-hybridized carbons (Fsp3) is 0.154. The Labute approximate surface area is 122 Å². The molecule has 0 saturated heterocycles. The minimum Gasteiger partial charge on any atom is -0.480 e. The Hall–Kier alpha value is -2.84. The third-order valence-corrected chi connectivity index (χ3v) is 2.64. The number of anilines is 1. The van der Waals surface area contributed by atoms with Crippen LogP contribution in [0.4, 0.5) is 18.9 Å². The van der Waals surface area contributed by atoms with Crippen molar-refractivity contribution in [1.82, 2.24) is 9.78 Å². The van der Waals surface area contributed by atoms with Crippen LogP contribution in [0.5, 0.6) is 0 Å². The van der Waals surface area contributed by atoms with E-state index in [1.54, 1.807) is 0 Å². The zero-order valence-electron chi connectivity index (χ0n) is 11.0. The van der Waals surface area contributed by atoms with E-state index in [0.717, 1.165) is 28.9 Å². The van der Waals surface area contributed by atoms with Crippen LogP contribution in [0.1, 0.15) is 16.1 Å². The normalized spacial score (nSPS) is 11.2. The maximum atomic E-state index is 12.4. The van der Waals surface area contributed by atoms with Crippen LogP contribution in [0, 0.1) is 0 Å². The first kappa shape index (κ1) is 15.5. The number of amides is 1. The van der Waals surface area contributed by atoms with Gasteiger partial charge >= 0.3 is 12.1 Å². The van der Waals surface area contributed by atoms with Gasteiger partial charge in [0, 0.05) is 11.9 Å². The number of carboxylic acids is 1. The van der Waals surface area contributed by atoms with Crippen LogP contribution in [0.2, 0.25) is 0 Å². The molecule has 0 spiro atoms. The number of carbonyl (C=O) groups excluding carboxylic acids is 1. The number of nitrogens with zero attached hydrogens (tertiary/aromatic N) is 2. The van der Waals surface area contributed by atoms with Crippen molar-refractivity contribution >= 4 is 17.6 Å². The van der Waals surface area contributed by atoms with E-state index in [4.69, 9.17) is 5.11 Å². The lowest BCUT2D eigenvalue weighted by molar-refractivity contribution is -0.138. The van der Waals surface area contributed by atoms with Crippen molar-refractivity contribution in [1.29, 1.82) is 0 Å². The Morgan fingerprint density at radius 2 is 1.82 bits per heavy atom. The molecule has 116 valence electrons. The van der Waals surface area contributed by atoms with Crippen LogP contribution in [-0.2, 0) is 17.5 Å². The molecule has 2 rings (SSSR count). The topological polar surface area (TPSA) is 84.2 Å². The number of nitrogens with one attached hydrogen (secondary N) is 1. The minimum absolute atomic E-state index is 0.0406. The first-order valence-electron chi connectivity index (χ1n) is 5.99. The predicted octanol–water partition coefficient (Wildman–Crippen LogP) is 2.24. The molecule has 0 aliphatic carbocycles. The molecule has 1 aromatic carbocycles. The molecule has 1 heterocycles. The van der Waals surface area contributed by atoms with E-state index in [2.05, 4.69) is 10.4 Å². The van der Waals surface area contributed by atoms with E-state index in [0.29, 0.717) is 0 Å². The van der Waals surface area contributed by atoms with Crippen LogP contribution in [0.15, 0.2) is 36.5 Å². The third kappa shape index (κ3) is 3.84. The highest BCUT2D eigenvalue weighted by Gasteiger charge is 2.30. The summed E-state index contributed by atoms with van der Waals surface area (Å²) in [5.74, 6) is -1.76. The third-order valence-electron chi connectivity index (χ3n) is 2.64. The van der Waals surface area contributed by atoms with Crippen molar-refractivity contribution in [2.75, 3.05) is 5.32 Å². The molecule has 1 amide bonds. The second-order valence-electron chi connectivity index (χ2n) is 4.32. The summed E-state index contributed by atoms with van der Waals surface area (Å²) in [6.45, 7) is -0.395. The van der Waals surface area contributed by atoms with E-state index < -0.39 is 30.2 Å². The average Bonchev–Trinajstić information content (AvgIpc) is 2.86. The molecule has 2 aromatic rings. The maximum Gasteiger partial charge on any atom is 0.416 e. The van der Waals surface area contributed by atoms with Gasteiger partial charge in [-0.1, -0.05) is 0 Å². The number of carbonyl (C=O) groups is 2. The molecule has 2 N–H and O–H groups in total. The highest BCUT2D eigenvalue weighted by molar-refractivity contribution is 6.02. The molecule has 0 aliphatic rings. The van der Waals surface area contributed by atoms with Crippen LogP contribution >= 0.6 is 0 Å². The summed E-state index contributed by atoms with van der Waals surface area (Å²) in [5, 5.41) is 14.7. The number of carboxylic acid groups (broad SMARTS) is 1. The number of rotatable bonds is 4. The SMILES string of the molecule is O=C(O)Cn1ccc(C(=O)Nc2ccc(C(F)(F)F)cc2)n1. The van der Waals surface area contributed by atoms with Crippen molar-refractivity contribution in [2.45, 2.75) is 12.7 Å². The summed E-state index contributed by atoms with van der Waals surface area (Å²) >= 11 is 0. The second-order valence-corrected chi connectivity index (χ2v) is 4.32. The molecule has 0 atom stereocenters. The van der Waals surface area contributed by atoms with Crippen molar-refractivity contribution in [3.8, 4) is 0 Å². The van der Waals surface area contributed by atoms with Gasteiger partial charge < -0.3 is 10.4 Å². The van der Waals surface area contributed by atoms with E-state index in [1.807, 2.05) is 0 Å². The van der Waals surface area contributed by atoms with Crippen molar-refractivity contribution in [3.63, 3.8) is 0 Å². The maximum absolute atomic E-state index is 12.4. The molecule has 9 heteroatoms. The van der Waals surface area contributed by atoms with Gasteiger partial charge in [-0.2, -0.15) is 18.3 Å². The summed E-state index contributed by atoms with van der Waals surface area (Å²) in [5.41, 5.74) is -0.692. The van der Waals surface area contributed by atoms with E-state index in [1.165, 1.54) is 12.3 Å². The Morgan fingerprint density at radius 1 is 1.18 bits per heavy atom. The minimum atomic E-state index is -4.45. The molecule has 0 radical (unpaired) electrons. The number of halogens is 3. The largest absolute Gasteiger partial charge is 0.480 e. The fourth-order valence-corrected chi connectivity index (χ4v) is 1.65. The smallest absolute Gasteiger partial charge is 0.416 e. The molecule has 0 saturated carbocycles. The van der Waals surface area contributed by atoms with Crippen molar-refractivity contribution in [2.24, 2.45) is 0 Å². The number of alkyl halides is 3. The number of hydrogen-bond donors (Lipinski definition) is 2. The Morgan fingerprint density at radius 3 is 2.36 bits per heavy atom. The lowest BCUT2D eigenvalue weighted by atomic mass is 10.2. The summed E-state index contributed by atoms with van der Waals surface area (Å²) < 4.78 is 38.3. The molecule has 22 heavy (non-hydrogen) atoms. The van der Waals surface area contributed by atoms with Gasteiger partial charge in [-0.05, 0) is 30.3 Å². The lowest BCUT2D eigenvalue weighted by Crippen LogP contribution is -2.15. The Kier molecular flexibility index (Phi) is 4.15. The fourth-order valence-electron chi connectivity index (χ4n) is 1.65. The van der Waals surface area contributed by atoms with Gasteiger partial charge in [-0.25, -0.2) is 0 Å². The highest BCUT2D eigenvalue weighted by Crippen LogP contribution is 2.29. The van der Waals surface area contributed by atoms with Gasteiger partial charge in [0.1, 0.15) is 6.54 Å². The van der Waals surface area contributed by atoms with Crippen molar-refractivity contribution < 1.29 is 27.9 Å². The molecule has 1 aromatic heterocycles. The van der Waals surface area contributed by atoms with E-state index >= 15 is 0 Å². The van der Waals surface area contributed by atoms with Gasteiger partial charge in [0.25, 0.3) is 5.91 Å². The summed E-state index contributed by atoms with van der Waals surface area (Å²) in [7, 11) is 0. The zero-order chi connectivity index (χ0) is 16.3. The lowest BCUT2D eigenvalue weighted by Gasteiger charge is -2.08. The standard InChI is InChI=1S/C13H10F3N3O3/c14-13(15,16)8-1-3-9(4-2-8)17-12(22)10-5-6-19(18-10)7-11(20)21/h1-6H,7H2,(H,17,22)(H,20,21). The number of aromatic nitrogens is 2. The van der Waals surface area contributed by atoms with Crippen molar-refractivity contribution in [3.05, 3.63) is 47.8 Å². The number of aliphatic carboxylic acids is 1.